The van der Waals surface area contributed by atoms with Crippen LogP contribution in [0.4, 0.5) is 0 Å². The molecule has 0 atom stereocenters. The van der Waals surface area contributed by atoms with E-state index in [1.165, 1.54) is 0 Å². The summed E-state index contributed by atoms with van der Waals surface area (Å²) in [5, 5.41) is 0. The van der Waals surface area contributed by atoms with Gasteiger partial charge in [0.1, 0.15) is 5.75 Å². The van der Waals surface area contributed by atoms with Crippen molar-refractivity contribution in [2.24, 2.45) is 5.92 Å². The van der Waals surface area contributed by atoms with Gasteiger partial charge in [-0.05, 0) is 36.1 Å². The maximum atomic E-state index is 11.7. The third kappa shape index (κ3) is 8.50. The van der Waals surface area contributed by atoms with Crippen LogP contribution in [0.25, 0.3) is 0 Å². The Kier molecular flexibility index (Phi) is 9.21. The van der Waals surface area contributed by atoms with E-state index in [2.05, 4.69) is 24.7 Å². The molecule has 0 aliphatic rings. The molecular formula is C17H26N2O3S. The number of para-hydroxylation sites is 1. The molecule has 0 aliphatic carbocycles. The van der Waals surface area contributed by atoms with Gasteiger partial charge in [0, 0.05) is 0 Å². The Morgan fingerprint density at radius 3 is 2.57 bits per heavy atom. The SMILES string of the molecule is CCc1ccccc1OCC(=O)NNC(=O)CSCCC(C)C. The Balaban J connectivity index is 2.20. The summed E-state index contributed by atoms with van der Waals surface area (Å²) in [4.78, 5) is 23.3. The Morgan fingerprint density at radius 2 is 1.87 bits per heavy atom. The summed E-state index contributed by atoms with van der Waals surface area (Å²) < 4.78 is 5.48. The molecule has 0 aliphatic heterocycles. The zero-order chi connectivity index (χ0) is 17.1. The number of rotatable bonds is 9. The standard InChI is InChI=1S/C17H26N2O3S/c1-4-14-7-5-6-8-15(14)22-11-16(20)18-19-17(21)12-23-10-9-13(2)3/h5-8,13H,4,9-12H2,1-3H3,(H,18,20)(H,19,21). The molecular weight excluding hydrogens is 312 g/mol. The van der Waals surface area contributed by atoms with E-state index in [4.69, 9.17) is 4.74 Å². The molecule has 0 bridgehead atoms. The average molecular weight is 338 g/mol. The minimum Gasteiger partial charge on any atom is -0.483 e. The normalized spacial score (nSPS) is 10.4. The van der Waals surface area contributed by atoms with Gasteiger partial charge in [0.25, 0.3) is 5.91 Å². The van der Waals surface area contributed by atoms with Crippen molar-refractivity contribution in [1.29, 1.82) is 0 Å². The van der Waals surface area contributed by atoms with Gasteiger partial charge in [0.2, 0.25) is 5.91 Å². The Bertz CT molecular complexity index is 506. The van der Waals surface area contributed by atoms with E-state index in [-0.39, 0.29) is 18.4 Å². The van der Waals surface area contributed by atoms with E-state index in [9.17, 15) is 9.59 Å². The highest BCUT2D eigenvalue weighted by atomic mass is 32.2. The van der Waals surface area contributed by atoms with Gasteiger partial charge >= 0.3 is 0 Å². The molecule has 0 heterocycles. The van der Waals surface area contributed by atoms with Crippen LogP contribution in [0.3, 0.4) is 0 Å². The van der Waals surface area contributed by atoms with Crippen LogP contribution in [-0.2, 0) is 16.0 Å². The van der Waals surface area contributed by atoms with E-state index in [0.717, 1.165) is 24.2 Å². The van der Waals surface area contributed by atoms with Gasteiger partial charge in [-0.3, -0.25) is 20.4 Å². The summed E-state index contributed by atoms with van der Waals surface area (Å²) in [6.07, 6.45) is 1.91. The molecule has 0 saturated heterocycles. The molecule has 5 nitrogen and oxygen atoms in total. The largest absolute Gasteiger partial charge is 0.483 e. The van der Waals surface area contributed by atoms with Gasteiger partial charge in [-0.2, -0.15) is 11.8 Å². The minimum absolute atomic E-state index is 0.127. The second kappa shape index (κ2) is 10.9. The fourth-order valence-corrected chi connectivity index (χ4v) is 2.82. The summed E-state index contributed by atoms with van der Waals surface area (Å²) in [6, 6.07) is 7.59. The van der Waals surface area contributed by atoms with Gasteiger partial charge < -0.3 is 4.74 Å². The van der Waals surface area contributed by atoms with Crippen LogP contribution >= 0.6 is 11.8 Å². The number of thioether (sulfide) groups is 1. The first-order valence-corrected chi connectivity index (χ1v) is 9.04. The Morgan fingerprint density at radius 1 is 1.17 bits per heavy atom. The summed E-state index contributed by atoms with van der Waals surface area (Å²) in [6.45, 7) is 6.20. The van der Waals surface area contributed by atoms with Gasteiger partial charge in [-0.15, -0.1) is 0 Å². The number of carbonyl (C=O) groups is 2. The van der Waals surface area contributed by atoms with E-state index in [1.807, 2.05) is 31.2 Å². The molecule has 2 N–H and O–H groups in total. The van der Waals surface area contributed by atoms with E-state index in [0.29, 0.717) is 17.4 Å². The molecule has 128 valence electrons. The van der Waals surface area contributed by atoms with Crippen LogP contribution in [0.2, 0.25) is 0 Å². The number of hydrogen-bond acceptors (Lipinski definition) is 4. The van der Waals surface area contributed by atoms with Gasteiger partial charge in [0.15, 0.2) is 6.61 Å². The van der Waals surface area contributed by atoms with Gasteiger partial charge in [-0.1, -0.05) is 39.0 Å². The first kappa shape index (κ1) is 19.4. The number of amides is 2. The van der Waals surface area contributed by atoms with Gasteiger partial charge in [0.05, 0.1) is 5.75 Å². The fraction of sp³-hybridized carbons (Fsp3) is 0.529. The van der Waals surface area contributed by atoms with Crippen molar-refractivity contribution >= 4 is 23.6 Å². The summed E-state index contributed by atoms with van der Waals surface area (Å²) >= 11 is 1.56. The minimum atomic E-state index is -0.378. The number of carbonyl (C=O) groups excluding carboxylic acids is 2. The number of hydrazine groups is 1. The molecule has 1 aromatic rings. The van der Waals surface area contributed by atoms with Crippen molar-refractivity contribution in [3.8, 4) is 5.75 Å². The lowest BCUT2D eigenvalue weighted by atomic mass is 10.1. The second-order valence-corrected chi connectivity index (χ2v) is 6.69. The Labute approximate surface area is 142 Å². The third-order valence-electron chi connectivity index (χ3n) is 3.13. The van der Waals surface area contributed by atoms with Crippen LogP contribution in [0.5, 0.6) is 5.75 Å². The maximum Gasteiger partial charge on any atom is 0.276 e. The highest BCUT2D eigenvalue weighted by Crippen LogP contribution is 2.17. The predicted octanol–water partition coefficient (Wildman–Crippen LogP) is 2.55. The number of aryl methyl sites for hydroxylation is 1. The summed E-state index contributed by atoms with van der Waals surface area (Å²) in [5.41, 5.74) is 5.81. The Hall–Kier alpha value is -1.69. The molecule has 0 fully saturated rings. The van der Waals surface area contributed by atoms with Crippen molar-refractivity contribution in [2.75, 3.05) is 18.1 Å². The van der Waals surface area contributed by atoms with Crippen LogP contribution < -0.4 is 15.6 Å². The van der Waals surface area contributed by atoms with Crippen LogP contribution in [0.15, 0.2) is 24.3 Å². The molecule has 1 rings (SSSR count). The van der Waals surface area contributed by atoms with Crippen LogP contribution in [0, 0.1) is 5.92 Å². The molecule has 0 radical (unpaired) electrons. The van der Waals surface area contributed by atoms with Gasteiger partial charge in [-0.25, -0.2) is 0 Å². The maximum absolute atomic E-state index is 11.7. The first-order valence-electron chi connectivity index (χ1n) is 7.89. The quantitative estimate of drug-likeness (QED) is 0.536. The van der Waals surface area contributed by atoms with E-state index < -0.39 is 0 Å². The third-order valence-corrected chi connectivity index (χ3v) is 4.12. The highest BCUT2D eigenvalue weighted by Gasteiger charge is 2.07. The molecule has 1 aromatic carbocycles. The number of ether oxygens (including phenoxy) is 1. The topological polar surface area (TPSA) is 67.4 Å². The average Bonchev–Trinajstić information content (AvgIpc) is 2.55. The van der Waals surface area contributed by atoms with Crippen molar-refractivity contribution in [1.82, 2.24) is 10.9 Å². The zero-order valence-electron chi connectivity index (χ0n) is 14.1. The van der Waals surface area contributed by atoms with E-state index in [1.54, 1.807) is 11.8 Å². The molecule has 6 heteroatoms. The first-order chi connectivity index (χ1) is 11.0. The second-order valence-electron chi connectivity index (χ2n) is 5.58. The van der Waals surface area contributed by atoms with Crippen molar-refractivity contribution in [3.63, 3.8) is 0 Å². The van der Waals surface area contributed by atoms with Crippen LogP contribution in [-0.4, -0.2) is 29.9 Å². The van der Waals surface area contributed by atoms with Crippen molar-refractivity contribution < 1.29 is 14.3 Å². The summed E-state index contributed by atoms with van der Waals surface area (Å²) in [5.74, 6) is 2.02. The smallest absolute Gasteiger partial charge is 0.276 e. The predicted molar refractivity (Wildman–Crippen MR) is 94.4 cm³/mol. The van der Waals surface area contributed by atoms with Crippen molar-refractivity contribution in [3.05, 3.63) is 29.8 Å². The fourth-order valence-electron chi connectivity index (χ4n) is 1.78. The summed E-state index contributed by atoms with van der Waals surface area (Å²) in [7, 11) is 0. The molecule has 0 spiro atoms. The molecule has 23 heavy (non-hydrogen) atoms. The lowest BCUT2D eigenvalue weighted by Crippen LogP contribution is -2.44. The lowest BCUT2D eigenvalue weighted by Gasteiger charge is -2.11. The number of nitrogens with one attached hydrogen (secondary N) is 2. The highest BCUT2D eigenvalue weighted by molar-refractivity contribution is 7.99. The van der Waals surface area contributed by atoms with E-state index >= 15 is 0 Å². The zero-order valence-corrected chi connectivity index (χ0v) is 14.9. The lowest BCUT2D eigenvalue weighted by molar-refractivity contribution is -0.128. The molecule has 2 amide bonds. The number of hydrogen-bond donors (Lipinski definition) is 2. The molecule has 0 saturated carbocycles. The van der Waals surface area contributed by atoms with Crippen LogP contribution in [0.1, 0.15) is 32.8 Å². The number of benzene rings is 1. The van der Waals surface area contributed by atoms with Crippen molar-refractivity contribution in [2.45, 2.75) is 33.6 Å². The monoisotopic (exact) mass is 338 g/mol. The molecule has 0 aromatic heterocycles. The molecule has 0 unspecified atom stereocenters.